The lowest BCUT2D eigenvalue weighted by molar-refractivity contribution is -0.326. The zero-order valence-electron chi connectivity index (χ0n) is 26.1. The van der Waals surface area contributed by atoms with Gasteiger partial charge in [0.15, 0.2) is 0 Å². The molecule has 9 atom stereocenters. The van der Waals surface area contributed by atoms with Crippen molar-refractivity contribution in [3.63, 3.8) is 0 Å². The summed E-state index contributed by atoms with van der Waals surface area (Å²) >= 11 is 0. The second-order valence-electron chi connectivity index (χ2n) is 13.9. The highest BCUT2D eigenvalue weighted by molar-refractivity contribution is 5.89. The summed E-state index contributed by atoms with van der Waals surface area (Å²) in [6.07, 6.45) is 7.05. The van der Waals surface area contributed by atoms with Crippen molar-refractivity contribution in [2.24, 2.45) is 16.7 Å². The van der Waals surface area contributed by atoms with E-state index in [0.29, 0.717) is 19.3 Å². The van der Waals surface area contributed by atoms with Gasteiger partial charge in [-0.05, 0) is 81.1 Å². The van der Waals surface area contributed by atoms with Crippen molar-refractivity contribution in [1.29, 1.82) is 0 Å². The smallest absolute Gasteiger partial charge is 0.340 e. The van der Waals surface area contributed by atoms with Gasteiger partial charge in [-0.1, -0.05) is 55.8 Å². The van der Waals surface area contributed by atoms with Crippen LogP contribution in [0.4, 0.5) is 0 Å². The molecule has 4 aliphatic carbocycles. The maximum atomic E-state index is 13.4. The molecule has 0 radical (unpaired) electrons. The molecule has 4 N–H and O–H groups in total. The molecule has 0 spiro atoms. The first-order chi connectivity index (χ1) is 21.3. The van der Waals surface area contributed by atoms with Crippen molar-refractivity contribution in [3.8, 4) is 0 Å². The lowest BCUT2D eigenvalue weighted by Gasteiger charge is -2.67. The van der Waals surface area contributed by atoms with E-state index >= 15 is 0 Å². The van der Waals surface area contributed by atoms with Crippen molar-refractivity contribution < 1.29 is 39.5 Å². The average molecular weight is 618 g/mol. The van der Waals surface area contributed by atoms with E-state index < -0.39 is 63.8 Å². The molecule has 0 amide bonds. The minimum Gasteiger partial charge on any atom is -0.458 e. The van der Waals surface area contributed by atoms with Crippen LogP contribution >= 0.6 is 0 Å². The monoisotopic (exact) mass is 617 g/mol. The van der Waals surface area contributed by atoms with Gasteiger partial charge in [-0.3, -0.25) is 4.98 Å². The minimum absolute atomic E-state index is 0.00241. The molecule has 2 aromatic rings. The molecule has 1 aromatic heterocycles. The lowest BCUT2D eigenvalue weighted by atomic mass is 9.42. The zero-order chi connectivity index (χ0) is 32.3. The topological polar surface area (TPSA) is 146 Å². The van der Waals surface area contributed by atoms with E-state index in [-0.39, 0.29) is 31.2 Å². The van der Waals surface area contributed by atoms with Gasteiger partial charge in [0, 0.05) is 24.4 Å². The molecule has 240 valence electrons. The number of benzene rings is 1. The summed E-state index contributed by atoms with van der Waals surface area (Å²) in [5.74, 6) is -1.86. The number of ether oxygens (including phenoxy) is 2. The summed E-state index contributed by atoms with van der Waals surface area (Å²) in [7, 11) is 0. The van der Waals surface area contributed by atoms with E-state index in [0.717, 1.165) is 11.1 Å². The summed E-state index contributed by atoms with van der Waals surface area (Å²) in [4.78, 5) is 30.5. The molecule has 45 heavy (non-hydrogen) atoms. The Bertz CT molecular complexity index is 1510. The molecule has 0 unspecified atom stereocenters. The van der Waals surface area contributed by atoms with Crippen molar-refractivity contribution in [3.05, 3.63) is 83.7 Å². The van der Waals surface area contributed by atoms with Crippen LogP contribution in [-0.4, -0.2) is 72.5 Å². The van der Waals surface area contributed by atoms with Gasteiger partial charge in [0.05, 0.1) is 17.1 Å². The van der Waals surface area contributed by atoms with Crippen molar-refractivity contribution in [2.75, 3.05) is 0 Å². The van der Waals surface area contributed by atoms with E-state index in [1.807, 2.05) is 36.4 Å². The van der Waals surface area contributed by atoms with Gasteiger partial charge < -0.3 is 29.9 Å². The zero-order valence-corrected chi connectivity index (χ0v) is 26.1. The number of aromatic nitrogens is 1. The van der Waals surface area contributed by atoms with Crippen LogP contribution in [0, 0.1) is 16.7 Å². The molecular weight excluding hydrogens is 574 g/mol. The second-order valence-corrected chi connectivity index (χ2v) is 13.9. The Kier molecular flexibility index (Phi) is 7.84. The number of hydrogen-bond acceptors (Lipinski definition) is 9. The number of pyridine rings is 1. The Morgan fingerprint density at radius 3 is 2.51 bits per heavy atom. The SMILES string of the molecule is C[C@H](OC(=O)c1cccnc1)[C@@]1(O)CC[C@]2(O)[C@]1(C)[C@H](OC(=O)C=Cc1ccccc1)C[C@@H]1[C@@]3(C)CC[C@H](O)CC3=CC[C@]12O. The van der Waals surface area contributed by atoms with E-state index in [2.05, 4.69) is 11.9 Å². The van der Waals surface area contributed by atoms with Crippen molar-refractivity contribution in [1.82, 2.24) is 4.98 Å². The van der Waals surface area contributed by atoms with Crippen LogP contribution < -0.4 is 0 Å². The molecule has 1 heterocycles. The van der Waals surface area contributed by atoms with Crippen molar-refractivity contribution in [2.45, 2.75) is 101 Å². The predicted molar refractivity (Wildman–Crippen MR) is 165 cm³/mol. The molecule has 0 bridgehead atoms. The van der Waals surface area contributed by atoms with Crippen LogP contribution in [0.2, 0.25) is 0 Å². The Morgan fingerprint density at radius 2 is 1.80 bits per heavy atom. The molecule has 9 nitrogen and oxygen atoms in total. The average Bonchev–Trinajstić information content (AvgIpc) is 3.26. The third-order valence-electron chi connectivity index (χ3n) is 12.0. The highest BCUT2D eigenvalue weighted by Crippen LogP contribution is 2.71. The van der Waals surface area contributed by atoms with Gasteiger partial charge in [0.1, 0.15) is 29.0 Å². The highest BCUT2D eigenvalue weighted by atomic mass is 16.6. The second kappa shape index (κ2) is 11.2. The van der Waals surface area contributed by atoms with Gasteiger partial charge in [-0.25, -0.2) is 9.59 Å². The number of aliphatic hydroxyl groups is 4. The van der Waals surface area contributed by atoms with E-state index in [9.17, 15) is 30.0 Å². The maximum Gasteiger partial charge on any atom is 0.340 e. The standard InChI is InChI=1S/C36H43NO8/c1-23(44-31(40)25-10-7-19-37-22-25)34(41)17-18-36(43)33(34,3)29(45-30(39)12-11-24-8-5-4-6-9-24)21-28-32(2)15-14-27(38)20-26(32)13-16-35(28,36)42/h4-13,19,22-23,27-29,38,41-43H,14-18,20-21H2,1-3H3/t23-,27-,28+,29+,32-,33+,34-,35-,36-/m0/s1. The molecule has 6 rings (SSSR count). The molecule has 1 aromatic carbocycles. The molecule has 3 saturated carbocycles. The van der Waals surface area contributed by atoms with E-state index in [1.54, 1.807) is 32.1 Å². The molecular formula is C36H43NO8. The summed E-state index contributed by atoms with van der Waals surface area (Å²) < 4.78 is 12.0. The molecule has 0 aliphatic heterocycles. The summed E-state index contributed by atoms with van der Waals surface area (Å²) in [5, 5.41) is 48.6. The van der Waals surface area contributed by atoms with Gasteiger partial charge in [-0.2, -0.15) is 0 Å². The number of carbonyl (C=O) groups is 2. The number of fused-ring (bicyclic) bond motifs is 5. The van der Waals surface area contributed by atoms with Gasteiger partial charge in [0.25, 0.3) is 0 Å². The minimum atomic E-state index is -1.91. The van der Waals surface area contributed by atoms with Crippen LogP contribution in [0.5, 0.6) is 0 Å². The highest BCUT2D eigenvalue weighted by Gasteiger charge is 2.81. The number of carbonyl (C=O) groups excluding carboxylic acids is 2. The Morgan fingerprint density at radius 1 is 1.04 bits per heavy atom. The maximum absolute atomic E-state index is 13.4. The van der Waals surface area contributed by atoms with Crippen LogP contribution in [-0.2, 0) is 14.3 Å². The number of aliphatic hydroxyl groups excluding tert-OH is 1. The number of nitrogens with zero attached hydrogens (tertiary/aromatic N) is 1. The van der Waals surface area contributed by atoms with Crippen LogP contribution in [0.1, 0.15) is 81.6 Å². The number of hydrogen-bond donors (Lipinski definition) is 4. The quantitative estimate of drug-likeness (QED) is 0.213. The van der Waals surface area contributed by atoms with Crippen LogP contribution in [0.25, 0.3) is 6.08 Å². The van der Waals surface area contributed by atoms with Crippen LogP contribution in [0.15, 0.2) is 72.6 Å². The molecule has 3 fully saturated rings. The Labute approximate surface area is 263 Å². The Hall–Kier alpha value is -3.37. The summed E-state index contributed by atoms with van der Waals surface area (Å²) in [5.41, 5.74) is -5.62. The third-order valence-corrected chi connectivity index (χ3v) is 12.0. The number of rotatable bonds is 6. The normalized spacial score (nSPS) is 39.6. The van der Waals surface area contributed by atoms with E-state index in [1.165, 1.54) is 18.5 Å². The van der Waals surface area contributed by atoms with Gasteiger partial charge in [0.2, 0.25) is 0 Å². The summed E-state index contributed by atoms with van der Waals surface area (Å²) in [6, 6.07) is 12.5. The van der Waals surface area contributed by atoms with Gasteiger partial charge >= 0.3 is 11.9 Å². The fourth-order valence-electron chi connectivity index (χ4n) is 9.21. The lowest BCUT2D eigenvalue weighted by Crippen LogP contribution is -2.78. The van der Waals surface area contributed by atoms with Gasteiger partial charge in [-0.15, -0.1) is 0 Å². The first kappa shape index (κ1) is 31.6. The van der Waals surface area contributed by atoms with Crippen molar-refractivity contribution >= 4 is 18.0 Å². The molecule has 4 aliphatic rings. The largest absolute Gasteiger partial charge is 0.458 e. The van der Waals surface area contributed by atoms with E-state index in [4.69, 9.17) is 9.47 Å². The summed E-state index contributed by atoms with van der Waals surface area (Å²) in [6.45, 7) is 5.27. The molecule has 0 saturated heterocycles. The number of esters is 2. The Balaban J connectivity index is 1.40. The molecule has 9 heteroatoms. The predicted octanol–water partition coefficient (Wildman–Crippen LogP) is 4.15. The fourth-order valence-corrected chi connectivity index (χ4v) is 9.21. The van der Waals surface area contributed by atoms with Crippen LogP contribution in [0.3, 0.4) is 0 Å². The first-order valence-electron chi connectivity index (χ1n) is 15.9. The fraction of sp³-hybridized carbons (Fsp3) is 0.528. The first-order valence-corrected chi connectivity index (χ1v) is 15.9. The third kappa shape index (κ3) is 4.70.